The number of hydrogen-bond donors (Lipinski definition) is 1. The molecule has 0 aliphatic heterocycles. The molecular weight excluding hydrogens is 375 g/mol. The SMILES string of the molecule is N#CCOc1ccccc1NC(=O)c1csc(I)c1. The largest absolute Gasteiger partial charge is 0.477 e. The molecular formula is C13H9IN2O2S. The molecule has 0 spiro atoms. The highest BCUT2D eigenvalue weighted by Crippen LogP contribution is 2.25. The van der Waals surface area contributed by atoms with Gasteiger partial charge in [0.2, 0.25) is 0 Å². The highest BCUT2D eigenvalue weighted by molar-refractivity contribution is 14.1. The molecule has 19 heavy (non-hydrogen) atoms. The average Bonchev–Trinajstić information content (AvgIpc) is 2.84. The second kappa shape index (κ2) is 6.54. The molecule has 0 aliphatic rings. The van der Waals surface area contributed by atoms with Crippen molar-refractivity contribution < 1.29 is 9.53 Å². The van der Waals surface area contributed by atoms with Crippen molar-refractivity contribution in [2.75, 3.05) is 11.9 Å². The maximum Gasteiger partial charge on any atom is 0.256 e. The summed E-state index contributed by atoms with van der Waals surface area (Å²) in [6.45, 7) is -0.0523. The smallest absolute Gasteiger partial charge is 0.256 e. The Morgan fingerprint density at radius 1 is 1.47 bits per heavy atom. The standard InChI is InChI=1S/C13H9IN2O2S/c14-12-7-9(8-19-12)13(17)16-10-3-1-2-4-11(10)18-6-5-15/h1-4,7-8H,6H2,(H,16,17). The van der Waals surface area contributed by atoms with Crippen LogP contribution in [0.3, 0.4) is 0 Å². The van der Waals surface area contributed by atoms with E-state index in [2.05, 4.69) is 27.9 Å². The van der Waals surface area contributed by atoms with Crippen LogP contribution in [0, 0.1) is 14.2 Å². The molecule has 0 saturated heterocycles. The van der Waals surface area contributed by atoms with E-state index < -0.39 is 0 Å². The number of benzene rings is 1. The molecule has 0 saturated carbocycles. The Morgan fingerprint density at radius 3 is 2.95 bits per heavy atom. The van der Waals surface area contributed by atoms with Crippen molar-refractivity contribution in [2.24, 2.45) is 0 Å². The first-order valence-corrected chi connectivity index (χ1v) is 7.30. The molecule has 0 atom stereocenters. The summed E-state index contributed by atoms with van der Waals surface area (Å²) in [5.41, 5.74) is 1.17. The number of nitriles is 1. The van der Waals surface area contributed by atoms with Gasteiger partial charge in [0.15, 0.2) is 6.61 Å². The number of carbonyl (C=O) groups is 1. The fourth-order valence-electron chi connectivity index (χ4n) is 1.43. The second-order valence-electron chi connectivity index (χ2n) is 3.54. The van der Waals surface area contributed by atoms with E-state index in [9.17, 15) is 4.79 Å². The summed E-state index contributed by atoms with van der Waals surface area (Å²) in [7, 11) is 0. The van der Waals surface area contributed by atoms with E-state index in [0.717, 1.165) is 2.88 Å². The van der Waals surface area contributed by atoms with Crippen LogP contribution in [0.25, 0.3) is 0 Å². The summed E-state index contributed by atoms with van der Waals surface area (Å²) in [5.74, 6) is 0.300. The first kappa shape index (κ1) is 13.8. The summed E-state index contributed by atoms with van der Waals surface area (Å²) in [6, 6.07) is 10.8. The minimum Gasteiger partial charge on any atom is -0.477 e. The van der Waals surface area contributed by atoms with Crippen LogP contribution in [0.1, 0.15) is 10.4 Å². The number of halogens is 1. The molecule has 1 N–H and O–H groups in total. The van der Waals surface area contributed by atoms with Crippen molar-refractivity contribution in [3.8, 4) is 11.8 Å². The Kier molecular flexibility index (Phi) is 4.76. The number of thiophene rings is 1. The minimum atomic E-state index is -0.188. The van der Waals surface area contributed by atoms with Gasteiger partial charge in [-0.05, 0) is 40.8 Å². The molecule has 1 heterocycles. The van der Waals surface area contributed by atoms with E-state index in [1.807, 2.05) is 12.1 Å². The van der Waals surface area contributed by atoms with Crippen molar-refractivity contribution >= 4 is 45.5 Å². The quantitative estimate of drug-likeness (QED) is 0.821. The lowest BCUT2D eigenvalue weighted by Gasteiger charge is -2.09. The summed E-state index contributed by atoms with van der Waals surface area (Å²) in [5, 5.41) is 13.1. The third-order valence-corrected chi connectivity index (χ3v) is 4.05. The molecule has 0 fully saturated rings. The average molecular weight is 384 g/mol. The van der Waals surface area contributed by atoms with E-state index in [-0.39, 0.29) is 12.5 Å². The van der Waals surface area contributed by atoms with Crippen LogP contribution in [0.4, 0.5) is 5.69 Å². The number of para-hydroxylation sites is 2. The van der Waals surface area contributed by atoms with Gasteiger partial charge in [0.25, 0.3) is 5.91 Å². The maximum absolute atomic E-state index is 12.0. The van der Waals surface area contributed by atoms with Gasteiger partial charge in [0.05, 0.1) is 14.1 Å². The third kappa shape index (κ3) is 3.68. The fraction of sp³-hybridized carbons (Fsp3) is 0.0769. The Labute approximate surface area is 128 Å². The summed E-state index contributed by atoms with van der Waals surface area (Å²) in [6.07, 6.45) is 0. The van der Waals surface area contributed by atoms with Gasteiger partial charge in [-0.2, -0.15) is 5.26 Å². The van der Waals surface area contributed by atoms with Gasteiger partial charge in [-0.3, -0.25) is 4.79 Å². The lowest BCUT2D eigenvalue weighted by molar-refractivity contribution is 0.102. The van der Waals surface area contributed by atoms with Crippen molar-refractivity contribution in [1.82, 2.24) is 0 Å². The van der Waals surface area contributed by atoms with E-state index in [1.54, 1.807) is 29.6 Å². The number of ether oxygens (including phenoxy) is 1. The number of rotatable bonds is 4. The Morgan fingerprint density at radius 2 is 2.26 bits per heavy atom. The van der Waals surface area contributed by atoms with E-state index >= 15 is 0 Å². The monoisotopic (exact) mass is 384 g/mol. The van der Waals surface area contributed by atoms with Crippen LogP contribution < -0.4 is 10.1 Å². The van der Waals surface area contributed by atoms with Crippen LogP contribution >= 0.6 is 33.9 Å². The highest BCUT2D eigenvalue weighted by Gasteiger charge is 2.11. The zero-order valence-corrected chi connectivity index (χ0v) is 12.7. The third-order valence-electron chi connectivity index (χ3n) is 2.26. The zero-order valence-electron chi connectivity index (χ0n) is 9.72. The number of nitrogens with one attached hydrogen (secondary N) is 1. The number of amides is 1. The van der Waals surface area contributed by atoms with Gasteiger partial charge in [-0.1, -0.05) is 12.1 Å². The molecule has 2 rings (SSSR count). The van der Waals surface area contributed by atoms with E-state index in [4.69, 9.17) is 10.00 Å². The van der Waals surface area contributed by atoms with Gasteiger partial charge in [0.1, 0.15) is 11.8 Å². The Balaban J connectivity index is 2.14. The van der Waals surface area contributed by atoms with E-state index in [1.165, 1.54) is 11.3 Å². The van der Waals surface area contributed by atoms with E-state index in [0.29, 0.717) is 17.0 Å². The number of nitrogens with zero attached hydrogens (tertiary/aromatic N) is 1. The van der Waals surface area contributed by atoms with Crippen LogP contribution in [0.2, 0.25) is 0 Å². The summed E-state index contributed by atoms with van der Waals surface area (Å²) >= 11 is 3.68. The van der Waals surface area contributed by atoms with Gasteiger partial charge in [0, 0.05) is 5.38 Å². The first-order valence-electron chi connectivity index (χ1n) is 5.35. The molecule has 2 aromatic rings. The molecule has 1 aromatic heterocycles. The molecule has 0 radical (unpaired) electrons. The molecule has 0 bridgehead atoms. The lowest BCUT2D eigenvalue weighted by Crippen LogP contribution is -2.12. The lowest BCUT2D eigenvalue weighted by atomic mass is 10.2. The van der Waals surface area contributed by atoms with Gasteiger partial charge < -0.3 is 10.1 Å². The molecule has 0 aliphatic carbocycles. The number of hydrogen-bond acceptors (Lipinski definition) is 4. The molecule has 4 nitrogen and oxygen atoms in total. The Hall–Kier alpha value is -1.59. The predicted molar refractivity (Wildman–Crippen MR) is 82.5 cm³/mol. The zero-order chi connectivity index (χ0) is 13.7. The van der Waals surface area contributed by atoms with Crippen LogP contribution in [-0.2, 0) is 0 Å². The summed E-state index contributed by atoms with van der Waals surface area (Å²) in [4.78, 5) is 12.0. The van der Waals surface area contributed by atoms with Crippen molar-refractivity contribution in [3.05, 3.63) is 44.2 Å². The van der Waals surface area contributed by atoms with Crippen molar-refractivity contribution in [1.29, 1.82) is 5.26 Å². The Bertz CT molecular complexity index is 634. The van der Waals surface area contributed by atoms with Gasteiger partial charge in [-0.25, -0.2) is 0 Å². The fourth-order valence-corrected chi connectivity index (χ4v) is 2.76. The molecule has 1 amide bonds. The van der Waals surface area contributed by atoms with Gasteiger partial charge in [-0.15, -0.1) is 11.3 Å². The first-order chi connectivity index (χ1) is 9.20. The number of anilines is 1. The second-order valence-corrected chi connectivity index (χ2v) is 6.34. The topological polar surface area (TPSA) is 62.1 Å². The van der Waals surface area contributed by atoms with Crippen LogP contribution in [-0.4, -0.2) is 12.5 Å². The number of carbonyl (C=O) groups excluding carboxylic acids is 1. The van der Waals surface area contributed by atoms with Crippen LogP contribution in [0.5, 0.6) is 5.75 Å². The van der Waals surface area contributed by atoms with Crippen LogP contribution in [0.15, 0.2) is 35.7 Å². The minimum absolute atomic E-state index is 0.0523. The highest BCUT2D eigenvalue weighted by atomic mass is 127. The van der Waals surface area contributed by atoms with Crippen molar-refractivity contribution in [2.45, 2.75) is 0 Å². The molecule has 0 unspecified atom stereocenters. The molecule has 96 valence electrons. The van der Waals surface area contributed by atoms with Crippen molar-refractivity contribution in [3.63, 3.8) is 0 Å². The van der Waals surface area contributed by atoms with Gasteiger partial charge >= 0.3 is 0 Å². The maximum atomic E-state index is 12.0. The predicted octanol–water partition coefficient (Wildman–Crippen LogP) is 3.51. The summed E-state index contributed by atoms with van der Waals surface area (Å²) < 4.78 is 6.31. The molecule has 6 heteroatoms. The molecule has 1 aromatic carbocycles. The normalized spacial score (nSPS) is 9.68.